The molecule has 3 aliphatic rings. The number of amides is 1. The van der Waals surface area contributed by atoms with Crippen molar-refractivity contribution in [1.29, 1.82) is 0 Å². The molecule has 7 nitrogen and oxygen atoms in total. The maximum absolute atomic E-state index is 13.1. The first-order valence-electron chi connectivity index (χ1n) is 11.5. The minimum Gasteiger partial charge on any atom is -0.496 e. The van der Waals surface area contributed by atoms with Crippen LogP contribution in [0, 0.1) is 18.3 Å². The number of rotatable bonds is 4. The van der Waals surface area contributed by atoms with Gasteiger partial charge in [0.1, 0.15) is 17.5 Å². The number of nitrogens with zero attached hydrogens (tertiary/aromatic N) is 3. The van der Waals surface area contributed by atoms with Crippen LogP contribution in [0.25, 0.3) is 11.3 Å². The van der Waals surface area contributed by atoms with Crippen LogP contribution in [0.4, 0.5) is 18.0 Å². The van der Waals surface area contributed by atoms with E-state index in [-0.39, 0.29) is 11.7 Å². The topological polar surface area (TPSA) is 84.8 Å². The molecule has 2 aliphatic heterocycles. The Morgan fingerprint density at radius 1 is 1.20 bits per heavy atom. The number of aliphatic hydroxyl groups is 1. The smallest absolute Gasteiger partial charge is 0.416 e. The highest BCUT2D eigenvalue weighted by Gasteiger charge is 2.56. The van der Waals surface area contributed by atoms with E-state index in [9.17, 15) is 23.1 Å². The summed E-state index contributed by atoms with van der Waals surface area (Å²) in [6.07, 6.45) is -4.30. The average Bonchev–Trinajstić information content (AvgIpc) is 2.75. The maximum atomic E-state index is 13.1. The van der Waals surface area contributed by atoms with E-state index in [0.29, 0.717) is 35.6 Å². The summed E-state index contributed by atoms with van der Waals surface area (Å²) in [5.74, 6) is 0.321. The molecule has 1 aliphatic carbocycles. The van der Waals surface area contributed by atoms with Crippen molar-refractivity contribution in [3.63, 3.8) is 0 Å². The Hall–Kier alpha value is -2.88. The number of halogens is 3. The first-order chi connectivity index (χ1) is 16.2. The molecule has 10 heteroatoms. The first kappa shape index (κ1) is 25.2. The van der Waals surface area contributed by atoms with E-state index in [2.05, 4.69) is 10.2 Å². The number of carbonyl (C=O) groups is 1. The SMILES string of the molecule is COc1cc(C(F)(F)F)ccc1-c1nnc(C(O)C23CC(CN(C(=O)OC(C)(C)C)C2)C3)cc1C. The largest absolute Gasteiger partial charge is 0.496 e. The average molecular weight is 494 g/mol. The number of piperidine rings is 2. The van der Waals surface area contributed by atoms with Crippen LogP contribution in [0.1, 0.15) is 56.5 Å². The number of aryl methyl sites for hydroxylation is 1. The molecule has 35 heavy (non-hydrogen) atoms. The van der Waals surface area contributed by atoms with E-state index in [1.54, 1.807) is 17.9 Å². The number of aliphatic hydroxyl groups excluding tert-OH is 1. The lowest BCUT2D eigenvalue weighted by atomic mass is 9.55. The van der Waals surface area contributed by atoms with Crippen molar-refractivity contribution in [2.75, 3.05) is 20.2 Å². The van der Waals surface area contributed by atoms with Crippen molar-refractivity contribution in [3.8, 4) is 17.0 Å². The van der Waals surface area contributed by atoms with Crippen LogP contribution in [-0.2, 0) is 10.9 Å². The van der Waals surface area contributed by atoms with Gasteiger partial charge in [-0.1, -0.05) is 0 Å². The number of aromatic nitrogens is 2. The summed E-state index contributed by atoms with van der Waals surface area (Å²) in [4.78, 5) is 14.2. The highest BCUT2D eigenvalue weighted by Crippen LogP contribution is 2.57. The van der Waals surface area contributed by atoms with Gasteiger partial charge in [0.05, 0.1) is 24.1 Å². The van der Waals surface area contributed by atoms with Gasteiger partial charge in [-0.25, -0.2) is 4.79 Å². The molecule has 1 unspecified atom stereocenters. The van der Waals surface area contributed by atoms with Gasteiger partial charge in [0.2, 0.25) is 0 Å². The molecule has 190 valence electrons. The van der Waals surface area contributed by atoms with Gasteiger partial charge in [-0.2, -0.15) is 18.3 Å². The number of ether oxygens (including phenoxy) is 2. The lowest BCUT2D eigenvalue weighted by Crippen LogP contribution is -2.60. The summed E-state index contributed by atoms with van der Waals surface area (Å²) in [5, 5.41) is 19.7. The zero-order chi connectivity index (χ0) is 25.8. The normalized spacial score (nSPS) is 22.9. The van der Waals surface area contributed by atoms with Crippen molar-refractivity contribution in [2.45, 2.75) is 58.4 Å². The van der Waals surface area contributed by atoms with Gasteiger partial charge in [0.25, 0.3) is 0 Å². The predicted octanol–water partition coefficient (Wildman–Crippen LogP) is 5.16. The van der Waals surface area contributed by atoms with E-state index < -0.39 is 35.0 Å². The van der Waals surface area contributed by atoms with E-state index >= 15 is 0 Å². The number of methoxy groups -OCH3 is 1. The summed E-state index contributed by atoms with van der Waals surface area (Å²) < 4.78 is 50.0. The van der Waals surface area contributed by atoms with Crippen LogP contribution in [0.2, 0.25) is 0 Å². The molecule has 3 fully saturated rings. The Labute approximate surface area is 202 Å². The minimum absolute atomic E-state index is 0.0336. The molecular weight excluding hydrogens is 463 g/mol. The molecule has 2 aromatic rings. The Kier molecular flexibility index (Phi) is 6.24. The van der Waals surface area contributed by atoms with Crippen LogP contribution in [0.15, 0.2) is 24.3 Å². The number of hydrogen-bond acceptors (Lipinski definition) is 6. The summed E-state index contributed by atoms with van der Waals surface area (Å²) in [6.45, 7) is 8.14. The molecule has 1 saturated carbocycles. The van der Waals surface area contributed by atoms with Gasteiger partial charge < -0.3 is 19.5 Å². The lowest BCUT2D eigenvalue weighted by molar-refractivity contribution is -0.137. The fraction of sp³-hybridized carbons (Fsp3) is 0.560. The van der Waals surface area contributed by atoms with Crippen molar-refractivity contribution >= 4 is 6.09 Å². The van der Waals surface area contributed by atoms with Crippen molar-refractivity contribution in [2.24, 2.45) is 11.3 Å². The molecule has 2 bridgehead atoms. The number of benzene rings is 1. The third-order valence-corrected chi connectivity index (χ3v) is 6.67. The lowest BCUT2D eigenvalue weighted by Gasteiger charge is -2.57. The summed E-state index contributed by atoms with van der Waals surface area (Å²) in [5.41, 5.74) is -0.213. The van der Waals surface area contributed by atoms with Crippen molar-refractivity contribution < 1.29 is 32.5 Å². The van der Waals surface area contributed by atoms with Gasteiger partial charge in [-0.15, -0.1) is 5.10 Å². The van der Waals surface area contributed by atoms with E-state index in [1.807, 2.05) is 20.8 Å². The molecule has 1 atom stereocenters. The highest BCUT2D eigenvalue weighted by molar-refractivity contribution is 5.70. The Bertz CT molecular complexity index is 1120. The number of hydrogen-bond donors (Lipinski definition) is 1. The van der Waals surface area contributed by atoms with Gasteiger partial charge in [0, 0.05) is 24.1 Å². The number of alkyl halides is 3. The molecule has 0 radical (unpaired) electrons. The summed E-state index contributed by atoms with van der Waals surface area (Å²) in [6, 6.07) is 4.91. The van der Waals surface area contributed by atoms with Gasteiger partial charge in [-0.05, 0) is 76.3 Å². The molecular formula is C25H30F3N3O4. The van der Waals surface area contributed by atoms with Crippen LogP contribution < -0.4 is 4.74 Å². The second-order valence-corrected chi connectivity index (χ2v) is 10.6. The molecule has 1 amide bonds. The molecule has 1 N–H and O–H groups in total. The summed E-state index contributed by atoms with van der Waals surface area (Å²) >= 11 is 0. The number of carbonyl (C=O) groups excluding carboxylic acids is 1. The molecule has 5 rings (SSSR count). The predicted molar refractivity (Wildman–Crippen MR) is 122 cm³/mol. The fourth-order valence-electron chi connectivity index (χ4n) is 5.16. The Morgan fingerprint density at radius 2 is 1.89 bits per heavy atom. The van der Waals surface area contributed by atoms with Gasteiger partial charge in [0.15, 0.2) is 0 Å². The van der Waals surface area contributed by atoms with Crippen LogP contribution >= 0.6 is 0 Å². The second-order valence-electron chi connectivity index (χ2n) is 10.6. The maximum Gasteiger partial charge on any atom is 0.416 e. The third-order valence-electron chi connectivity index (χ3n) is 6.67. The van der Waals surface area contributed by atoms with E-state index in [1.165, 1.54) is 13.2 Å². The molecule has 1 aromatic heterocycles. The van der Waals surface area contributed by atoms with Crippen LogP contribution in [0.3, 0.4) is 0 Å². The monoisotopic (exact) mass is 493 g/mol. The van der Waals surface area contributed by atoms with Crippen LogP contribution in [0.5, 0.6) is 5.75 Å². The van der Waals surface area contributed by atoms with Gasteiger partial charge >= 0.3 is 12.3 Å². The molecule has 0 spiro atoms. The minimum atomic E-state index is -4.49. The molecule has 3 heterocycles. The number of fused-ring (bicyclic) bond motifs is 2. The zero-order valence-electron chi connectivity index (χ0n) is 20.4. The highest BCUT2D eigenvalue weighted by atomic mass is 19.4. The van der Waals surface area contributed by atoms with E-state index in [0.717, 1.165) is 25.0 Å². The fourth-order valence-corrected chi connectivity index (χ4v) is 5.16. The second kappa shape index (κ2) is 8.65. The molecule has 2 saturated heterocycles. The Balaban J connectivity index is 1.57. The van der Waals surface area contributed by atoms with E-state index in [4.69, 9.17) is 9.47 Å². The van der Waals surface area contributed by atoms with Crippen molar-refractivity contribution in [3.05, 3.63) is 41.1 Å². The van der Waals surface area contributed by atoms with Crippen LogP contribution in [-0.4, -0.2) is 52.1 Å². The quantitative estimate of drug-likeness (QED) is 0.634. The molecule has 1 aromatic carbocycles. The zero-order valence-corrected chi connectivity index (χ0v) is 20.4. The van der Waals surface area contributed by atoms with Gasteiger partial charge in [-0.3, -0.25) is 0 Å². The van der Waals surface area contributed by atoms with Crippen molar-refractivity contribution in [1.82, 2.24) is 15.1 Å². The third kappa shape index (κ3) is 4.94. The summed E-state index contributed by atoms with van der Waals surface area (Å²) in [7, 11) is 1.30. The standard InChI is InChI=1S/C25H30F3N3O4/c1-14-8-18(29-30-20(14)17-7-6-16(25(26,27)28)9-19(17)34-5)21(32)24-10-15(11-24)12-31(13-24)22(33)35-23(2,3)4/h6-9,15,21,32H,10-13H2,1-5H3. The Morgan fingerprint density at radius 3 is 2.46 bits per heavy atom. The first-order valence-corrected chi connectivity index (χ1v) is 11.5.